The Morgan fingerprint density at radius 1 is 0.935 bits per heavy atom. The smallest absolute Gasteiger partial charge is 0.196 e. The van der Waals surface area contributed by atoms with Crippen molar-refractivity contribution in [1.29, 1.82) is 0 Å². The third-order valence-corrected chi connectivity index (χ3v) is 6.24. The molecule has 4 rings (SSSR count). The van der Waals surface area contributed by atoms with Gasteiger partial charge in [-0.1, -0.05) is 41.0 Å². The second kappa shape index (κ2) is 9.26. The number of hydrogen-bond donors (Lipinski definition) is 0. The summed E-state index contributed by atoms with van der Waals surface area (Å²) in [6, 6.07) is 16.2. The summed E-state index contributed by atoms with van der Waals surface area (Å²) in [5.41, 5.74) is 1.42. The van der Waals surface area contributed by atoms with Gasteiger partial charge in [0, 0.05) is 16.9 Å². The minimum absolute atomic E-state index is 0.0258. The maximum atomic E-state index is 14.1. The number of rotatable bonds is 6. The molecule has 0 N–H and O–H groups in total. The van der Waals surface area contributed by atoms with E-state index in [1.54, 1.807) is 29.9 Å². The van der Waals surface area contributed by atoms with E-state index in [-0.39, 0.29) is 11.3 Å². The SMILES string of the molecule is COc1ccc(-c2nnc(SCc3c(F)cccc3F)n2-c2ccc(Cl)c(Cl)c2)cc1. The van der Waals surface area contributed by atoms with Crippen LogP contribution in [0.1, 0.15) is 5.56 Å². The van der Waals surface area contributed by atoms with Crippen LogP contribution in [0.2, 0.25) is 10.0 Å². The third-order valence-electron chi connectivity index (χ3n) is 4.55. The highest BCUT2D eigenvalue weighted by molar-refractivity contribution is 7.98. The molecule has 0 radical (unpaired) electrons. The maximum Gasteiger partial charge on any atom is 0.196 e. The summed E-state index contributed by atoms with van der Waals surface area (Å²) >= 11 is 13.5. The Morgan fingerprint density at radius 2 is 1.65 bits per heavy atom. The van der Waals surface area contributed by atoms with Gasteiger partial charge in [0.2, 0.25) is 0 Å². The molecule has 1 aromatic heterocycles. The summed E-state index contributed by atoms with van der Waals surface area (Å²) in [6.07, 6.45) is 0. The largest absolute Gasteiger partial charge is 0.497 e. The molecule has 31 heavy (non-hydrogen) atoms. The lowest BCUT2D eigenvalue weighted by atomic mass is 10.2. The van der Waals surface area contributed by atoms with Gasteiger partial charge in [-0.2, -0.15) is 0 Å². The Hall–Kier alpha value is -2.61. The summed E-state index contributed by atoms with van der Waals surface area (Å²) in [5.74, 6) is 0.0686. The summed E-state index contributed by atoms with van der Waals surface area (Å²) in [6.45, 7) is 0. The summed E-state index contributed by atoms with van der Waals surface area (Å²) in [5, 5.41) is 9.80. The fourth-order valence-electron chi connectivity index (χ4n) is 2.95. The first-order valence-electron chi connectivity index (χ1n) is 9.09. The molecule has 1 heterocycles. The van der Waals surface area contributed by atoms with Gasteiger partial charge in [0.15, 0.2) is 11.0 Å². The van der Waals surface area contributed by atoms with Gasteiger partial charge in [-0.15, -0.1) is 10.2 Å². The first kappa shape index (κ1) is 21.6. The molecule has 4 aromatic rings. The molecular weight excluding hydrogens is 463 g/mol. The number of thioether (sulfide) groups is 1. The molecule has 0 unspecified atom stereocenters. The number of aromatic nitrogens is 3. The quantitative estimate of drug-likeness (QED) is 0.285. The van der Waals surface area contributed by atoms with Crippen LogP contribution >= 0.6 is 35.0 Å². The highest BCUT2D eigenvalue weighted by Gasteiger charge is 2.19. The van der Waals surface area contributed by atoms with Gasteiger partial charge in [-0.25, -0.2) is 8.78 Å². The van der Waals surface area contributed by atoms with Crippen molar-refractivity contribution in [3.8, 4) is 22.8 Å². The monoisotopic (exact) mass is 477 g/mol. The van der Waals surface area contributed by atoms with E-state index in [1.165, 1.54) is 30.0 Å². The molecule has 158 valence electrons. The first-order valence-corrected chi connectivity index (χ1v) is 10.8. The molecule has 0 saturated heterocycles. The van der Waals surface area contributed by atoms with Crippen molar-refractivity contribution >= 4 is 35.0 Å². The average molecular weight is 478 g/mol. The number of ether oxygens (including phenoxy) is 1. The Morgan fingerprint density at radius 3 is 2.29 bits per heavy atom. The lowest BCUT2D eigenvalue weighted by molar-refractivity contribution is 0.415. The molecule has 0 spiro atoms. The Bertz CT molecular complexity index is 1210. The average Bonchev–Trinajstić information content (AvgIpc) is 3.19. The molecule has 9 heteroatoms. The van der Waals surface area contributed by atoms with Crippen molar-refractivity contribution in [2.45, 2.75) is 10.9 Å². The van der Waals surface area contributed by atoms with Gasteiger partial charge < -0.3 is 4.74 Å². The number of methoxy groups -OCH3 is 1. The highest BCUT2D eigenvalue weighted by atomic mass is 35.5. The maximum absolute atomic E-state index is 14.1. The third kappa shape index (κ3) is 4.54. The Kier molecular flexibility index (Phi) is 6.46. The zero-order chi connectivity index (χ0) is 22.0. The fourth-order valence-corrected chi connectivity index (χ4v) is 4.22. The number of nitrogens with zero attached hydrogens (tertiary/aromatic N) is 3. The van der Waals surface area contributed by atoms with Gasteiger partial charge in [0.05, 0.1) is 22.8 Å². The van der Waals surface area contributed by atoms with Crippen molar-refractivity contribution in [2.75, 3.05) is 7.11 Å². The zero-order valence-electron chi connectivity index (χ0n) is 16.2. The summed E-state index contributed by atoms with van der Waals surface area (Å²) in [4.78, 5) is 0. The van der Waals surface area contributed by atoms with Crippen molar-refractivity contribution < 1.29 is 13.5 Å². The van der Waals surface area contributed by atoms with E-state index in [0.717, 1.165) is 5.56 Å². The molecule has 0 saturated carbocycles. The van der Waals surface area contributed by atoms with Gasteiger partial charge in [-0.05, 0) is 54.6 Å². The second-order valence-corrected chi connectivity index (χ2v) is 8.21. The van der Waals surface area contributed by atoms with E-state index in [0.29, 0.717) is 32.5 Å². The lowest BCUT2D eigenvalue weighted by Gasteiger charge is -2.12. The predicted molar refractivity (Wildman–Crippen MR) is 119 cm³/mol. The molecule has 0 amide bonds. The van der Waals surface area contributed by atoms with E-state index < -0.39 is 11.6 Å². The second-order valence-electron chi connectivity index (χ2n) is 6.46. The van der Waals surface area contributed by atoms with Gasteiger partial charge >= 0.3 is 0 Å². The van der Waals surface area contributed by atoms with E-state index >= 15 is 0 Å². The molecule has 3 aromatic carbocycles. The topological polar surface area (TPSA) is 39.9 Å². The van der Waals surface area contributed by atoms with E-state index in [9.17, 15) is 8.78 Å². The molecule has 0 aliphatic carbocycles. The Balaban J connectivity index is 1.77. The standard InChI is InChI=1S/C22H15Cl2F2N3OS/c1-30-15-8-5-13(6-9-15)21-27-28-22(29(21)14-7-10-17(23)18(24)11-14)31-12-16-19(25)3-2-4-20(16)26/h2-11H,12H2,1H3. The van der Waals surface area contributed by atoms with Crippen LogP contribution in [0.5, 0.6) is 5.75 Å². The van der Waals surface area contributed by atoms with Crippen molar-refractivity contribution in [2.24, 2.45) is 0 Å². The molecule has 0 fully saturated rings. The molecule has 0 bridgehead atoms. The van der Waals surface area contributed by atoms with Crippen LogP contribution in [0.4, 0.5) is 8.78 Å². The normalized spacial score (nSPS) is 11.0. The molecule has 0 atom stereocenters. The van der Waals surface area contributed by atoms with Gasteiger partial charge in [-0.3, -0.25) is 4.57 Å². The minimum atomic E-state index is -0.608. The summed E-state index contributed by atoms with van der Waals surface area (Å²) < 4.78 is 35.1. The molecule has 0 aliphatic rings. The van der Waals surface area contributed by atoms with Crippen LogP contribution in [-0.2, 0) is 5.75 Å². The summed E-state index contributed by atoms with van der Waals surface area (Å²) in [7, 11) is 1.59. The zero-order valence-corrected chi connectivity index (χ0v) is 18.5. The number of halogens is 4. The molecular formula is C22H15Cl2F2N3OS. The van der Waals surface area contributed by atoms with E-state index in [4.69, 9.17) is 27.9 Å². The number of hydrogen-bond acceptors (Lipinski definition) is 4. The highest BCUT2D eigenvalue weighted by Crippen LogP contribution is 2.33. The lowest BCUT2D eigenvalue weighted by Crippen LogP contribution is -2.01. The Labute approximate surface area is 191 Å². The first-order chi connectivity index (χ1) is 15.0. The molecule has 0 aliphatic heterocycles. The van der Waals surface area contributed by atoms with Crippen molar-refractivity contribution in [3.63, 3.8) is 0 Å². The van der Waals surface area contributed by atoms with Gasteiger partial charge in [0.1, 0.15) is 17.4 Å². The van der Waals surface area contributed by atoms with Crippen molar-refractivity contribution in [1.82, 2.24) is 14.8 Å². The van der Waals surface area contributed by atoms with Crippen LogP contribution in [-0.4, -0.2) is 21.9 Å². The molecule has 4 nitrogen and oxygen atoms in total. The van der Waals surface area contributed by atoms with Crippen LogP contribution in [0.3, 0.4) is 0 Å². The fraction of sp³-hybridized carbons (Fsp3) is 0.0909. The van der Waals surface area contributed by atoms with Crippen LogP contribution < -0.4 is 4.74 Å². The van der Waals surface area contributed by atoms with Crippen LogP contribution in [0.15, 0.2) is 65.8 Å². The van der Waals surface area contributed by atoms with E-state index in [2.05, 4.69) is 10.2 Å². The van der Waals surface area contributed by atoms with E-state index in [1.807, 2.05) is 24.3 Å². The minimum Gasteiger partial charge on any atom is -0.497 e. The number of benzene rings is 3. The van der Waals surface area contributed by atoms with Crippen LogP contribution in [0, 0.1) is 11.6 Å². The van der Waals surface area contributed by atoms with Crippen LogP contribution in [0.25, 0.3) is 17.1 Å². The predicted octanol–water partition coefficient (Wildman–Crippen LogP) is 6.82. The van der Waals surface area contributed by atoms with Crippen molar-refractivity contribution in [3.05, 3.63) is 87.9 Å². The van der Waals surface area contributed by atoms with Gasteiger partial charge in [0.25, 0.3) is 0 Å².